The Kier molecular flexibility index (Phi) is 3.34. The summed E-state index contributed by atoms with van der Waals surface area (Å²) in [7, 11) is 0. The molecule has 1 N–H and O–H groups in total. The average Bonchev–Trinajstić information content (AvgIpc) is 1.96. The van der Waals surface area contributed by atoms with Crippen molar-refractivity contribution in [1.29, 1.82) is 0 Å². The van der Waals surface area contributed by atoms with Gasteiger partial charge in [-0.1, -0.05) is 6.92 Å². The molecule has 0 amide bonds. The number of aliphatic carboxylic acids is 1. The van der Waals surface area contributed by atoms with Gasteiger partial charge in [-0.05, 0) is 6.92 Å². The van der Waals surface area contributed by atoms with Crippen LogP contribution in [0.2, 0.25) is 0 Å². The zero-order valence-corrected chi connectivity index (χ0v) is 7.70. The van der Waals surface area contributed by atoms with Crippen LogP contribution in [0.25, 0.3) is 0 Å². The number of carbonyl (C=O) groups is 1. The van der Waals surface area contributed by atoms with Crippen molar-refractivity contribution in [3.63, 3.8) is 0 Å². The second-order valence-electron chi connectivity index (χ2n) is 3.26. The third kappa shape index (κ3) is 2.18. The predicted molar refractivity (Wildman–Crippen MR) is 37.0 cm³/mol. The van der Waals surface area contributed by atoms with E-state index in [1.165, 1.54) is 0 Å². The lowest BCUT2D eigenvalue weighted by Crippen LogP contribution is -2.54. The van der Waals surface area contributed by atoms with E-state index in [0.717, 1.165) is 0 Å². The molecule has 0 spiro atoms. The van der Waals surface area contributed by atoms with Gasteiger partial charge in [-0.25, -0.2) is 0 Å². The summed E-state index contributed by atoms with van der Waals surface area (Å²) >= 11 is 0. The topological polar surface area (TPSA) is 37.3 Å². The molecule has 1 atom stereocenters. The van der Waals surface area contributed by atoms with Crippen molar-refractivity contribution in [3.05, 3.63) is 0 Å². The van der Waals surface area contributed by atoms with Crippen LogP contribution < -0.4 is 0 Å². The van der Waals surface area contributed by atoms with Gasteiger partial charge in [-0.3, -0.25) is 4.79 Å². The zero-order valence-electron chi connectivity index (χ0n) is 7.70. The molecule has 0 aliphatic rings. The molecule has 0 aliphatic heterocycles. The number of hydrogen-bond donors (Lipinski definition) is 1. The lowest BCUT2D eigenvalue weighted by Gasteiger charge is -2.36. The van der Waals surface area contributed by atoms with E-state index < -0.39 is 29.7 Å². The Bertz CT molecular complexity index is 239. The monoisotopic (exact) mass is 238 g/mol. The molecule has 0 rings (SSSR count). The second-order valence-corrected chi connectivity index (χ2v) is 3.26. The highest BCUT2D eigenvalue weighted by Crippen LogP contribution is 2.54. The van der Waals surface area contributed by atoms with Gasteiger partial charge in [-0.15, -0.1) is 0 Å². The van der Waals surface area contributed by atoms with Crippen LogP contribution in [-0.2, 0) is 4.79 Å². The molecule has 0 aliphatic carbocycles. The molecular formula is C7H8F6O2. The fraction of sp³-hybridized carbons (Fsp3) is 0.857. The quantitative estimate of drug-likeness (QED) is 0.751. The van der Waals surface area contributed by atoms with Crippen LogP contribution in [-0.4, -0.2) is 23.4 Å². The lowest BCUT2D eigenvalue weighted by atomic mass is 9.76. The third-order valence-corrected chi connectivity index (χ3v) is 2.41. The van der Waals surface area contributed by atoms with E-state index in [9.17, 15) is 31.1 Å². The Labute approximate surface area is 80.9 Å². The van der Waals surface area contributed by atoms with Gasteiger partial charge in [0.25, 0.3) is 0 Å². The maximum Gasteiger partial charge on any atom is 0.403 e. The molecule has 0 fully saturated rings. The summed E-state index contributed by atoms with van der Waals surface area (Å²) < 4.78 is 73.4. The van der Waals surface area contributed by atoms with Gasteiger partial charge in [0.1, 0.15) is 0 Å². The minimum absolute atomic E-state index is 0.161. The first-order valence-electron chi connectivity index (χ1n) is 3.72. The van der Waals surface area contributed by atoms with E-state index in [4.69, 9.17) is 5.11 Å². The molecule has 0 saturated carbocycles. The van der Waals surface area contributed by atoms with Crippen LogP contribution in [0.4, 0.5) is 26.3 Å². The molecule has 0 aromatic heterocycles. The highest BCUT2D eigenvalue weighted by Gasteiger charge is 2.71. The summed E-state index contributed by atoms with van der Waals surface area (Å²) in [5, 5.41) is 8.24. The Hall–Kier alpha value is -0.950. The maximum absolute atomic E-state index is 12.2. The maximum atomic E-state index is 12.2. The molecule has 0 radical (unpaired) electrons. The van der Waals surface area contributed by atoms with Crippen LogP contribution >= 0.6 is 0 Å². The van der Waals surface area contributed by atoms with E-state index >= 15 is 0 Å². The van der Waals surface area contributed by atoms with Crippen molar-refractivity contribution in [3.8, 4) is 0 Å². The molecular weight excluding hydrogens is 230 g/mol. The molecule has 0 aromatic carbocycles. The molecule has 15 heavy (non-hydrogen) atoms. The number of rotatable bonds is 2. The van der Waals surface area contributed by atoms with E-state index in [0.29, 0.717) is 6.92 Å². The molecule has 8 heteroatoms. The van der Waals surface area contributed by atoms with Crippen LogP contribution in [0, 0.1) is 11.3 Å². The lowest BCUT2D eigenvalue weighted by molar-refractivity contribution is -0.347. The average molecular weight is 238 g/mol. The van der Waals surface area contributed by atoms with Crippen molar-refractivity contribution < 1.29 is 36.2 Å². The Morgan fingerprint density at radius 1 is 1.07 bits per heavy atom. The third-order valence-electron chi connectivity index (χ3n) is 2.41. The van der Waals surface area contributed by atoms with Gasteiger partial charge in [-0.2, -0.15) is 26.3 Å². The largest absolute Gasteiger partial charge is 0.481 e. The Balaban J connectivity index is 5.53. The highest BCUT2D eigenvalue weighted by atomic mass is 19.4. The summed E-state index contributed by atoms with van der Waals surface area (Å²) in [6.07, 6.45) is -11.3. The van der Waals surface area contributed by atoms with Crippen molar-refractivity contribution in [2.24, 2.45) is 11.3 Å². The fourth-order valence-electron chi connectivity index (χ4n) is 0.899. The van der Waals surface area contributed by atoms with Crippen molar-refractivity contribution in [1.82, 2.24) is 0 Å². The van der Waals surface area contributed by atoms with E-state index in [1.807, 2.05) is 0 Å². The van der Waals surface area contributed by atoms with Crippen LogP contribution in [0.5, 0.6) is 0 Å². The number of halogens is 6. The van der Waals surface area contributed by atoms with Gasteiger partial charge in [0.2, 0.25) is 0 Å². The fourth-order valence-corrected chi connectivity index (χ4v) is 0.899. The first-order chi connectivity index (χ1) is 6.35. The predicted octanol–water partition coefficient (Wildman–Crippen LogP) is 2.84. The van der Waals surface area contributed by atoms with Crippen molar-refractivity contribution in [2.75, 3.05) is 0 Å². The van der Waals surface area contributed by atoms with E-state index in [1.54, 1.807) is 0 Å². The Morgan fingerprint density at radius 3 is 1.40 bits per heavy atom. The number of hydrogen-bond acceptors (Lipinski definition) is 1. The normalized spacial score (nSPS) is 16.3. The number of carboxylic acids is 1. The van der Waals surface area contributed by atoms with Crippen LogP contribution in [0.3, 0.4) is 0 Å². The molecule has 0 bridgehead atoms. The minimum atomic E-state index is -5.66. The summed E-state index contributed by atoms with van der Waals surface area (Å²) in [6.45, 7) is 0.217. The highest BCUT2D eigenvalue weighted by molar-refractivity contribution is 5.70. The van der Waals surface area contributed by atoms with Gasteiger partial charge >= 0.3 is 18.3 Å². The Morgan fingerprint density at radius 2 is 1.33 bits per heavy atom. The number of alkyl halides is 6. The van der Waals surface area contributed by atoms with Crippen LogP contribution in [0.15, 0.2) is 0 Å². The van der Waals surface area contributed by atoms with Crippen molar-refractivity contribution >= 4 is 5.97 Å². The molecule has 2 nitrogen and oxygen atoms in total. The zero-order chi connectivity index (χ0) is 12.7. The first-order valence-corrected chi connectivity index (χ1v) is 3.72. The van der Waals surface area contributed by atoms with E-state index in [-0.39, 0.29) is 6.92 Å². The second kappa shape index (κ2) is 3.57. The molecule has 0 heterocycles. The summed E-state index contributed by atoms with van der Waals surface area (Å²) in [6, 6.07) is 0. The van der Waals surface area contributed by atoms with Gasteiger partial charge in [0.15, 0.2) is 5.41 Å². The van der Waals surface area contributed by atoms with Gasteiger partial charge in [0, 0.05) is 0 Å². The minimum Gasteiger partial charge on any atom is -0.481 e. The summed E-state index contributed by atoms with van der Waals surface area (Å²) in [4.78, 5) is 10.2. The standard InChI is InChI=1S/C7H8F6O2/c1-3(4(14)15)5(2,6(8,9)10)7(11,12)13/h3H,1-2H3,(H,14,15)/t3-/m1/s1. The van der Waals surface area contributed by atoms with Crippen LogP contribution in [0.1, 0.15) is 13.8 Å². The molecule has 0 aromatic rings. The van der Waals surface area contributed by atoms with Crippen molar-refractivity contribution in [2.45, 2.75) is 26.2 Å². The first kappa shape index (κ1) is 14.0. The molecule has 0 unspecified atom stereocenters. The number of carboxylic acid groups (broad SMARTS) is 1. The summed E-state index contributed by atoms with van der Waals surface area (Å²) in [5.41, 5.74) is -4.24. The smallest absolute Gasteiger partial charge is 0.403 e. The summed E-state index contributed by atoms with van der Waals surface area (Å²) in [5.74, 6) is -4.75. The molecule has 0 saturated heterocycles. The van der Waals surface area contributed by atoms with Gasteiger partial charge < -0.3 is 5.11 Å². The van der Waals surface area contributed by atoms with E-state index in [2.05, 4.69) is 0 Å². The SMILES string of the molecule is C[C@H](C(=O)O)C(C)(C(F)(F)F)C(F)(F)F. The van der Waals surface area contributed by atoms with Gasteiger partial charge in [0.05, 0.1) is 5.92 Å². The molecule has 90 valence electrons.